The fourth-order valence-corrected chi connectivity index (χ4v) is 4.40. The van der Waals surface area contributed by atoms with Gasteiger partial charge in [-0.15, -0.1) is 0 Å². The van der Waals surface area contributed by atoms with Crippen LogP contribution in [0.1, 0.15) is 58.0 Å². The lowest BCUT2D eigenvalue weighted by Crippen LogP contribution is -2.51. The molecular weight excluding hydrogens is 458 g/mol. The third-order valence-electron chi connectivity index (χ3n) is 6.50. The fraction of sp³-hybridized carbons (Fsp3) is 0.214. The summed E-state index contributed by atoms with van der Waals surface area (Å²) in [5.74, 6) is -1.03. The molecule has 4 amide bonds. The highest BCUT2D eigenvalue weighted by molar-refractivity contribution is 6.05. The van der Waals surface area contributed by atoms with Crippen molar-refractivity contribution >= 4 is 29.3 Å². The molecule has 1 saturated heterocycles. The first-order valence-corrected chi connectivity index (χ1v) is 11.7. The van der Waals surface area contributed by atoms with Crippen LogP contribution in [0.2, 0.25) is 0 Å². The highest BCUT2D eigenvalue weighted by atomic mass is 16.5. The second-order valence-electron chi connectivity index (χ2n) is 8.69. The molecule has 0 aromatic heterocycles. The predicted molar refractivity (Wildman–Crippen MR) is 134 cm³/mol. The quantitative estimate of drug-likeness (QED) is 0.419. The third-order valence-corrected chi connectivity index (χ3v) is 6.50. The van der Waals surface area contributed by atoms with Crippen molar-refractivity contribution in [2.45, 2.75) is 38.2 Å². The molecule has 1 atom stereocenters. The molecule has 1 heterocycles. The van der Waals surface area contributed by atoms with Crippen molar-refractivity contribution in [2.75, 3.05) is 5.32 Å². The van der Waals surface area contributed by atoms with Crippen molar-refractivity contribution in [1.29, 1.82) is 0 Å². The average Bonchev–Trinajstić information content (AvgIpc) is 2.89. The van der Waals surface area contributed by atoms with E-state index in [-0.39, 0.29) is 29.9 Å². The summed E-state index contributed by atoms with van der Waals surface area (Å²) in [7, 11) is 0. The molecule has 4 rings (SSSR count). The maximum absolute atomic E-state index is 12.9. The number of benzene rings is 3. The molecule has 36 heavy (non-hydrogen) atoms. The molecule has 0 spiro atoms. The van der Waals surface area contributed by atoms with Gasteiger partial charge in [-0.05, 0) is 60.4 Å². The molecule has 1 unspecified atom stereocenters. The molecule has 0 radical (unpaired) electrons. The van der Waals surface area contributed by atoms with E-state index in [2.05, 4.69) is 10.6 Å². The molecule has 1 aliphatic rings. The van der Waals surface area contributed by atoms with Crippen LogP contribution in [-0.4, -0.2) is 23.6 Å². The minimum absolute atomic E-state index is 0.157. The Morgan fingerprint density at radius 2 is 1.78 bits per heavy atom. The van der Waals surface area contributed by atoms with Crippen LogP contribution in [0.3, 0.4) is 0 Å². The molecule has 3 aromatic rings. The average molecular weight is 486 g/mol. The summed E-state index contributed by atoms with van der Waals surface area (Å²) in [6, 6.07) is 20.8. The van der Waals surface area contributed by atoms with Crippen LogP contribution in [-0.2, 0) is 21.6 Å². The van der Waals surface area contributed by atoms with Gasteiger partial charge in [0.2, 0.25) is 11.8 Å². The second-order valence-corrected chi connectivity index (χ2v) is 8.69. The number of imide groups is 1. The summed E-state index contributed by atoms with van der Waals surface area (Å²) >= 11 is 0. The second kappa shape index (κ2) is 10.4. The number of ether oxygens (including phenoxy) is 1. The normalized spacial score (nSPS) is 17.2. The summed E-state index contributed by atoms with van der Waals surface area (Å²) in [6.45, 7) is 2.08. The van der Waals surface area contributed by atoms with Gasteiger partial charge < -0.3 is 15.8 Å². The Balaban J connectivity index is 1.43. The van der Waals surface area contributed by atoms with Crippen LogP contribution in [0, 0.1) is 0 Å². The third kappa shape index (κ3) is 5.12. The standard InChI is InChI=1S/C28H27N3O5/c1-2-28(15-14-24(32)31-27(28)35)20-10-12-21(13-11-20)30-26(34)19-7-5-6-18(16-19)17-36-23-9-4-3-8-22(23)25(29)33/h3-13,16H,2,14-15,17H2,1H3,(H2,29,33)(H,30,34)(H,31,32,35). The molecule has 0 bridgehead atoms. The minimum Gasteiger partial charge on any atom is -0.488 e. The number of nitrogens with one attached hydrogen (secondary N) is 2. The van der Waals surface area contributed by atoms with Gasteiger partial charge in [0, 0.05) is 17.7 Å². The summed E-state index contributed by atoms with van der Waals surface area (Å²) in [5, 5.41) is 5.31. The van der Waals surface area contributed by atoms with Crippen LogP contribution in [0.25, 0.3) is 0 Å². The first-order chi connectivity index (χ1) is 17.3. The van der Waals surface area contributed by atoms with E-state index >= 15 is 0 Å². The molecule has 1 fully saturated rings. The van der Waals surface area contributed by atoms with Gasteiger partial charge in [0.15, 0.2) is 0 Å². The highest BCUT2D eigenvalue weighted by Gasteiger charge is 2.42. The maximum atomic E-state index is 12.9. The molecule has 0 aliphatic carbocycles. The van der Waals surface area contributed by atoms with E-state index in [0.717, 1.165) is 11.1 Å². The van der Waals surface area contributed by atoms with Gasteiger partial charge >= 0.3 is 0 Å². The predicted octanol–water partition coefficient (Wildman–Crippen LogP) is 3.70. The lowest BCUT2D eigenvalue weighted by molar-refractivity contribution is -0.138. The summed E-state index contributed by atoms with van der Waals surface area (Å²) in [4.78, 5) is 48.6. The number of carbonyl (C=O) groups is 4. The van der Waals surface area contributed by atoms with Gasteiger partial charge in [-0.3, -0.25) is 24.5 Å². The monoisotopic (exact) mass is 485 g/mol. The minimum atomic E-state index is -0.752. The molecule has 184 valence electrons. The molecule has 3 aromatic carbocycles. The van der Waals surface area contributed by atoms with E-state index in [9.17, 15) is 19.2 Å². The van der Waals surface area contributed by atoms with Crippen molar-refractivity contribution in [1.82, 2.24) is 5.32 Å². The summed E-state index contributed by atoms with van der Waals surface area (Å²) in [5.41, 5.74) is 7.52. The number of rotatable bonds is 8. The van der Waals surface area contributed by atoms with Gasteiger partial charge in [0.25, 0.3) is 11.8 Å². The highest BCUT2D eigenvalue weighted by Crippen LogP contribution is 2.36. The van der Waals surface area contributed by atoms with Gasteiger partial charge in [-0.2, -0.15) is 0 Å². The van der Waals surface area contributed by atoms with E-state index in [0.29, 0.717) is 36.3 Å². The number of hydrogen-bond donors (Lipinski definition) is 3. The van der Waals surface area contributed by atoms with E-state index in [1.165, 1.54) is 0 Å². The van der Waals surface area contributed by atoms with E-state index in [4.69, 9.17) is 10.5 Å². The number of hydrogen-bond acceptors (Lipinski definition) is 5. The zero-order chi connectivity index (χ0) is 25.7. The van der Waals surface area contributed by atoms with Crippen LogP contribution in [0.5, 0.6) is 5.75 Å². The van der Waals surface area contributed by atoms with E-state index in [1.54, 1.807) is 54.6 Å². The Morgan fingerprint density at radius 3 is 2.47 bits per heavy atom. The summed E-state index contributed by atoms with van der Waals surface area (Å²) in [6.07, 6.45) is 1.32. The Bertz CT molecular complexity index is 1320. The SMILES string of the molecule is CCC1(c2ccc(NC(=O)c3cccc(COc4ccccc4C(N)=O)c3)cc2)CCC(=O)NC1=O. The first-order valence-electron chi connectivity index (χ1n) is 11.7. The Kier molecular flexibility index (Phi) is 7.15. The summed E-state index contributed by atoms with van der Waals surface area (Å²) < 4.78 is 5.76. The van der Waals surface area contributed by atoms with Gasteiger partial charge in [-0.25, -0.2) is 0 Å². The Hall–Kier alpha value is -4.46. The number of para-hydroxylation sites is 1. The molecule has 8 nitrogen and oxygen atoms in total. The van der Waals surface area contributed by atoms with Gasteiger partial charge in [-0.1, -0.05) is 43.3 Å². The first kappa shape index (κ1) is 24.7. The van der Waals surface area contributed by atoms with E-state index < -0.39 is 11.3 Å². The molecule has 1 aliphatic heterocycles. The molecular formula is C28H27N3O5. The van der Waals surface area contributed by atoms with E-state index in [1.807, 2.05) is 25.1 Å². The number of primary amides is 1. The largest absolute Gasteiger partial charge is 0.488 e. The smallest absolute Gasteiger partial charge is 0.255 e. The van der Waals surface area contributed by atoms with Crippen molar-refractivity contribution < 1.29 is 23.9 Å². The Morgan fingerprint density at radius 1 is 1.03 bits per heavy atom. The van der Waals surface area contributed by atoms with Crippen LogP contribution >= 0.6 is 0 Å². The van der Waals surface area contributed by atoms with Gasteiger partial charge in [0.05, 0.1) is 11.0 Å². The number of carbonyl (C=O) groups excluding carboxylic acids is 4. The van der Waals surface area contributed by atoms with Crippen molar-refractivity contribution in [2.24, 2.45) is 5.73 Å². The molecule has 8 heteroatoms. The van der Waals surface area contributed by atoms with Crippen LogP contribution in [0.15, 0.2) is 72.8 Å². The van der Waals surface area contributed by atoms with Crippen LogP contribution in [0.4, 0.5) is 5.69 Å². The lowest BCUT2D eigenvalue weighted by Gasteiger charge is -2.35. The van der Waals surface area contributed by atoms with Crippen molar-refractivity contribution in [3.63, 3.8) is 0 Å². The topological polar surface area (TPSA) is 128 Å². The Labute approximate surface area is 208 Å². The van der Waals surface area contributed by atoms with Crippen molar-refractivity contribution in [3.8, 4) is 5.75 Å². The molecule has 4 N–H and O–H groups in total. The molecule has 0 saturated carbocycles. The van der Waals surface area contributed by atoms with Gasteiger partial charge in [0.1, 0.15) is 12.4 Å². The fourth-order valence-electron chi connectivity index (χ4n) is 4.40. The number of nitrogens with two attached hydrogens (primary N) is 1. The number of amides is 4. The van der Waals surface area contributed by atoms with Crippen molar-refractivity contribution in [3.05, 3.63) is 95.1 Å². The lowest BCUT2D eigenvalue weighted by atomic mass is 9.72. The zero-order valence-corrected chi connectivity index (χ0v) is 19.9. The number of anilines is 1. The maximum Gasteiger partial charge on any atom is 0.255 e. The van der Waals surface area contributed by atoms with Crippen LogP contribution < -0.4 is 21.1 Å². The zero-order valence-electron chi connectivity index (χ0n) is 19.9. The number of piperidine rings is 1.